The average molecular weight is 569 g/mol. The van der Waals surface area contributed by atoms with Crippen molar-refractivity contribution in [1.29, 1.82) is 0 Å². The van der Waals surface area contributed by atoms with Gasteiger partial charge in [0.15, 0.2) is 11.6 Å². The molecule has 1 atom stereocenters. The van der Waals surface area contributed by atoms with Gasteiger partial charge >= 0.3 is 0 Å². The Morgan fingerprint density at radius 3 is 2.34 bits per heavy atom. The van der Waals surface area contributed by atoms with E-state index in [1.807, 2.05) is 0 Å². The van der Waals surface area contributed by atoms with Crippen LogP contribution < -0.4 is 16.6 Å². The summed E-state index contributed by atoms with van der Waals surface area (Å²) in [5.74, 6) is -3.25. The highest BCUT2D eigenvalue weighted by Crippen LogP contribution is 2.18. The van der Waals surface area contributed by atoms with Crippen molar-refractivity contribution in [1.82, 2.24) is 9.88 Å². The number of hydrogen-bond acceptors (Lipinski definition) is 8. The van der Waals surface area contributed by atoms with E-state index in [0.29, 0.717) is 17.9 Å². The van der Waals surface area contributed by atoms with Gasteiger partial charge in [-0.2, -0.15) is 0 Å². The van der Waals surface area contributed by atoms with Crippen LogP contribution in [-0.2, 0) is 32.1 Å². The Morgan fingerprint density at radius 1 is 1.05 bits per heavy atom. The summed E-state index contributed by atoms with van der Waals surface area (Å²) in [7, 11) is 0. The highest BCUT2D eigenvalue weighted by Gasteiger charge is 2.26. The number of nitro benzene ring substituents is 1. The molecule has 0 aliphatic rings. The Labute approximate surface area is 237 Å². The van der Waals surface area contributed by atoms with Crippen molar-refractivity contribution in [2.75, 3.05) is 0 Å². The Hall–Kier alpha value is -4.48. The van der Waals surface area contributed by atoms with Gasteiger partial charge in [0, 0.05) is 48.7 Å². The molecule has 2 rings (SSSR count). The smallest absolute Gasteiger partial charge is 0.284 e. The van der Waals surface area contributed by atoms with Crippen LogP contribution in [-0.4, -0.2) is 44.7 Å². The number of ketones is 3. The lowest BCUT2D eigenvalue weighted by Crippen LogP contribution is -2.43. The molecule has 1 aromatic carbocycles. The summed E-state index contributed by atoms with van der Waals surface area (Å²) in [6, 6.07) is 5.35. The molecule has 12 heteroatoms. The van der Waals surface area contributed by atoms with E-state index in [2.05, 4.69) is 19.2 Å². The zero-order valence-corrected chi connectivity index (χ0v) is 23.5. The molecular weight excluding hydrogens is 532 g/mol. The number of amides is 2. The molecule has 0 spiro atoms. The van der Waals surface area contributed by atoms with Crippen LogP contribution in [0.4, 0.5) is 5.69 Å². The summed E-state index contributed by atoms with van der Waals surface area (Å²) < 4.78 is 1.23. The highest BCUT2D eigenvalue weighted by atomic mass is 16.6. The molecule has 0 aliphatic heterocycles. The van der Waals surface area contributed by atoms with Gasteiger partial charge in [-0.3, -0.25) is 38.9 Å². The number of carbonyl (C=O) groups is 5. The van der Waals surface area contributed by atoms with Crippen LogP contribution in [0.3, 0.4) is 0 Å². The lowest BCUT2D eigenvalue weighted by Gasteiger charge is -2.18. The molecule has 2 amide bonds. The molecule has 12 nitrogen and oxygen atoms in total. The Balaban J connectivity index is 2.25. The number of rotatable bonds is 17. The van der Waals surface area contributed by atoms with Gasteiger partial charge in [-0.05, 0) is 37.3 Å². The van der Waals surface area contributed by atoms with Crippen LogP contribution in [0.15, 0.2) is 41.3 Å². The Kier molecular flexibility index (Phi) is 12.2. The molecule has 0 saturated carbocycles. The van der Waals surface area contributed by atoms with E-state index in [0.717, 1.165) is 25.3 Å². The fourth-order valence-electron chi connectivity index (χ4n) is 4.40. The average Bonchev–Trinajstić information content (AvgIpc) is 2.93. The monoisotopic (exact) mass is 568 g/mol. The molecule has 0 aliphatic carbocycles. The first-order valence-corrected chi connectivity index (χ1v) is 13.5. The third kappa shape index (κ3) is 9.59. The number of aromatic nitrogens is 1. The van der Waals surface area contributed by atoms with Crippen molar-refractivity contribution in [3.8, 4) is 0 Å². The summed E-state index contributed by atoms with van der Waals surface area (Å²) in [5.41, 5.74) is 4.59. The number of nitro groups is 1. The van der Waals surface area contributed by atoms with Crippen LogP contribution in [0.25, 0.3) is 0 Å². The predicted octanol–water partition coefficient (Wildman–Crippen LogP) is 2.60. The van der Waals surface area contributed by atoms with E-state index in [1.54, 1.807) is 6.92 Å². The minimum absolute atomic E-state index is 0.0489. The molecule has 1 heterocycles. The Bertz CT molecular complexity index is 1380. The first kappa shape index (κ1) is 32.7. The van der Waals surface area contributed by atoms with Crippen LogP contribution >= 0.6 is 0 Å². The summed E-state index contributed by atoms with van der Waals surface area (Å²) in [6.45, 7) is 5.55. The first-order valence-electron chi connectivity index (χ1n) is 13.5. The fourth-order valence-corrected chi connectivity index (χ4v) is 4.40. The number of nitrogens with two attached hydrogens (primary N) is 1. The van der Waals surface area contributed by atoms with Crippen molar-refractivity contribution in [3.05, 3.63) is 73.7 Å². The van der Waals surface area contributed by atoms with E-state index in [4.69, 9.17) is 5.73 Å². The number of nitrogens with zero attached hydrogens (tertiary/aromatic N) is 2. The molecular formula is C29H36N4O8. The summed E-state index contributed by atoms with van der Waals surface area (Å²) >= 11 is 0. The maximum Gasteiger partial charge on any atom is 0.284 e. The van der Waals surface area contributed by atoms with Gasteiger partial charge in [0.05, 0.1) is 17.5 Å². The van der Waals surface area contributed by atoms with Crippen molar-refractivity contribution >= 4 is 34.9 Å². The van der Waals surface area contributed by atoms with Crippen LogP contribution in [0.1, 0.15) is 73.9 Å². The third-order valence-electron chi connectivity index (χ3n) is 7.10. The SMILES string of the molecule is CCC(CC)CCC(=O)Cn1cccc(CC(=O)[C@H](CCC(=O)C(N)=O)NC(=O)c2cc([N+](=O)[O-])ccc2C)c1=O. The molecule has 0 unspecified atom stereocenters. The molecule has 0 saturated heterocycles. The largest absolute Gasteiger partial charge is 0.363 e. The first-order chi connectivity index (χ1) is 19.4. The van der Waals surface area contributed by atoms with Crippen molar-refractivity contribution < 1.29 is 28.9 Å². The second kappa shape index (κ2) is 15.3. The third-order valence-corrected chi connectivity index (χ3v) is 7.10. The molecule has 0 fully saturated rings. The highest BCUT2D eigenvalue weighted by molar-refractivity contribution is 6.35. The van der Waals surface area contributed by atoms with Crippen LogP contribution in [0.5, 0.6) is 0 Å². The summed E-state index contributed by atoms with van der Waals surface area (Å²) in [4.78, 5) is 85.4. The number of primary amides is 1. The van der Waals surface area contributed by atoms with Gasteiger partial charge in [-0.1, -0.05) is 38.8 Å². The van der Waals surface area contributed by atoms with Gasteiger partial charge in [-0.15, -0.1) is 0 Å². The second-order valence-corrected chi connectivity index (χ2v) is 9.98. The number of carbonyl (C=O) groups excluding carboxylic acids is 5. The quantitative estimate of drug-likeness (QED) is 0.165. The van der Waals surface area contributed by atoms with Gasteiger partial charge in [0.1, 0.15) is 0 Å². The van der Waals surface area contributed by atoms with Crippen molar-refractivity contribution in [2.24, 2.45) is 11.7 Å². The number of pyridine rings is 1. The van der Waals surface area contributed by atoms with Gasteiger partial charge in [0.2, 0.25) is 5.78 Å². The van der Waals surface area contributed by atoms with Crippen LogP contribution in [0.2, 0.25) is 0 Å². The van der Waals surface area contributed by atoms with Crippen molar-refractivity contribution in [3.63, 3.8) is 0 Å². The minimum Gasteiger partial charge on any atom is -0.363 e. The topological polar surface area (TPSA) is 189 Å². The lowest BCUT2D eigenvalue weighted by atomic mass is 9.96. The normalized spacial score (nSPS) is 11.6. The standard InChI is InChI=1S/C29H36N4O8/c1-4-19(5-2)9-11-22(34)17-32-14-6-7-20(29(32)39)15-26(36)24(12-13-25(35)27(30)37)31-28(38)23-16-21(33(40)41)10-8-18(23)3/h6-8,10,14,16,19,24H,4-5,9,11-13,15,17H2,1-3H3,(H2,30,37)(H,31,38)/t24-/m0/s1. The van der Waals surface area contributed by atoms with Crippen LogP contribution in [0, 0.1) is 23.0 Å². The maximum atomic E-state index is 13.3. The van der Waals surface area contributed by atoms with E-state index in [9.17, 15) is 38.9 Å². The Morgan fingerprint density at radius 2 is 1.73 bits per heavy atom. The molecule has 0 bridgehead atoms. The van der Waals surface area contributed by atoms with E-state index in [-0.39, 0.29) is 35.6 Å². The molecule has 1 aromatic heterocycles. The number of hydrogen-bond donors (Lipinski definition) is 2. The summed E-state index contributed by atoms with van der Waals surface area (Å²) in [6.07, 6.45) is 3.30. The summed E-state index contributed by atoms with van der Waals surface area (Å²) in [5, 5.41) is 13.6. The van der Waals surface area contributed by atoms with Gasteiger partial charge < -0.3 is 15.6 Å². The number of nitrogens with one attached hydrogen (secondary N) is 1. The number of Topliss-reactive ketones (excluding diaryl/α,β-unsaturated/α-hetero) is 3. The number of non-ortho nitro benzene ring substituents is 1. The molecule has 220 valence electrons. The number of benzene rings is 1. The van der Waals surface area contributed by atoms with Gasteiger partial charge in [-0.25, -0.2) is 0 Å². The van der Waals surface area contributed by atoms with Crippen molar-refractivity contribution in [2.45, 2.75) is 78.3 Å². The second-order valence-electron chi connectivity index (χ2n) is 9.98. The lowest BCUT2D eigenvalue weighted by molar-refractivity contribution is -0.384. The maximum absolute atomic E-state index is 13.3. The molecule has 0 radical (unpaired) electrons. The fraction of sp³-hybridized carbons (Fsp3) is 0.448. The number of aryl methyl sites for hydroxylation is 1. The molecule has 41 heavy (non-hydrogen) atoms. The van der Waals surface area contributed by atoms with E-state index in [1.165, 1.54) is 35.0 Å². The van der Waals surface area contributed by atoms with E-state index < -0.39 is 52.7 Å². The zero-order valence-electron chi connectivity index (χ0n) is 23.5. The zero-order chi connectivity index (χ0) is 30.7. The molecule has 2 aromatic rings. The molecule has 3 N–H and O–H groups in total. The van der Waals surface area contributed by atoms with Gasteiger partial charge in [0.25, 0.3) is 23.1 Å². The minimum atomic E-state index is -1.31. The predicted molar refractivity (Wildman–Crippen MR) is 150 cm³/mol. The van der Waals surface area contributed by atoms with E-state index >= 15 is 0 Å².